The maximum absolute atomic E-state index is 11.0. The molecule has 12 heavy (non-hydrogen) atoms. The summed E-state index contributed by atoms with van der Waals surface area (Å²) < 4.78 is 0. The monoisotopic (exact) mass is 190 g/mol. The lowest BCUT2D eigenvalue weighted by molar-refractivity contribution is 0.205. The van der Waals surface area contributed by atoms with Crippen molar-refractivity contribution >= 4 is 17.8 Å². The molecule has 1 saturated heterocycles. The Morgan fingerprint density at radius 2 is 1.83 bits per heavy atom. The fraction of sp³-hybridized carbons (Fsp3) is 0.875. The molecule has 72 valence electrons. The fourth-order valence-electron chi connectivity index (χ4n) is 0.925. The minimum Gasteiger partial charge on any atom is -0.341 e. The molecule has 0 saturated carbocycles. The van der Waals surface area contributed by atoms with Gasteiger partial charge >= 0.3 is 6.03 Å². The lowest BCUT2D eigenvalue weighted by Gasteiger charge is -2.25. The van der Waals surface area contributed by atoms with Crippen molar-refractivity contribution in [1.29, 1.82) is 0 Å². The van der Waals surface area contributed by atoms with E-state index in [0.29, 0.717) is 0 Å². The summed E-state index contributed by atoms with van der Waals surface area (Å²) in [6.45, 7) is 5.79. The number of thioether (sulfide) groups is 1. The smallest absolute Gasteiger partial charge is 0.317 e. The average Bonchev–Trinajstić information content (AvgIpc) is 2.21. The molecule has 0 aromatic carbocycles. The molecule has 0 aliphatic carbocycles. The van der Waals surface area contributed by atoms with Gasteiger partial charge in [-0.1, -0.05) is 13.8 Å². The summed E-state index contributed by atoms with van der Waals surface area (Å²) in [4.78, 5) is 12.8. The first-order valence-electron chi connectivity index (χ1n) is 4.39. The summed E-state index contributed by atoms with van der Waals surface area (Å²) in [5.41, 5.74) is 0. The number of carbonyl (C=O) groups is 1. The van der Waals surface area contributed by atoms with Crippen molar-refractivity contribution in [2.24, 2.45) is 0 Å². The first-order chi connectivity index (χ1) is 5.84. The van der Waals surface area contributed by atoms with Gasteiger partial charge in [0, 0.05) is 31.6 Å². The van der Waals surface area contributed by atoms with Gasteiger partial charge in [-0.25, -0.2) is 4.79 Å². The SMILES string of the molecule is CC.CNC(=O)N1CCSCC1. The van der Waals surface area contributed by atoms with Crippen LogP contribution in [0, 0.1) is 0 Å². The zero-order valence-electron chi connectivity index (χ0n) is 8.09. The van der Waals surface area contributed by atoms with Gasteiger partial charge in [-0.2, -0.15) is 11.8 Å². The van der Waals surface area contributed by atoms with E-state index >= 15 is 0 Å². The summed E-state index contributed by atoms with van der Waals surface area (Å²) in [5.74, 6) is 2.15. The van der Waals surface area contributed by atoms with E-state index in [1.54, 1.807) is 7.05 Å². The highest BCUT2D eigenvalue weighted by molar-refractivity contribution is 7.99. The number of urea groups is 1. The van der Waals surface area contributed by atoms with Crippen molar-refractivity contribution in [3.63, 3.8) is 0 Å². The van der Waals surface area contributed by atoms with Crippen LogP contribution < -0.4 is 5.32 Å². The lowest BCUT2D eigenvalue weighted by atomic mass is 10.5. The third-order valence-corrected chi connectivity index (χ3v) is 2.45. The van der Waals surface area contributed by atoms with Crippen LogP contribution in [0.3, 0.4) is 0 Å². The number of nitrogens with one attached hydrogen (secondary N) is 1. The second kappa shape index (κ2) is 7.28. The molecule has 1 N–H and O–H groups in total. The topological polar surface area (TPSA) is 32.3 Å². The molecule has 3 nitrogen and oxygen atoms in total. The van der Waals surface area contributed by atoms with Crippen molar-refractivity contribution in [3.8, 4) is 0 Å². The Labute approximate surface area is 78.9 Å². The molecule has 0 spiro atoms. The molecular formula is C8H18N2OS. The van der Waals surface area contributed by atoms with Gasteiger partial charge in [-0.3, -0.25) is 0 Å². The first kappa shape index (κ1) is 11.6. The molecule has 0 radical (unpaired) electrons. The minimum atomic E-state index is 0.0558. The van der Waals surface area contributed by atoms with Gasteiger partial charge in [0.2, 0.25) is 0 Å². The summed E-state index contributed by atoms with van der Waals surface area (Å²) in [7, 11) is 1.67. The van der Waals surface area contributed by atoms with E-state index in [1.807, 2.05) is 30.5 Å². The highest BCUT2D eigenvalue weighted by atomic mass is 32.2. The molecule has 2 amide bonds. The van der Waals surface area contributed by atoms with E-state index in [9.17, 15) is 4.79 Å². The van der Waals surface area contributed by atoms with E-state index in [0.717, 1.165) is 24.6 Å². The first-order valence-corrected chi connectivity index (χ1v) is 5.54. The molecule has 0 aromatic heterocycles. The Hall–Kier alpha value is -0.380. The Kier molecular flexibility index (Phi) is 7.05. The van der Waals surface area contributed by atoms with Crippen LogP contribution in [0.1, 0.15) is 13.8 Å². The summed E-state index contributed by atoms with van der Waals surface area (Å²) >= 11 is 1.90. The number of rotatable bonds is 0. The maximum atomic E-state index is 11.0. The minimum absolute atomic E-state index is 0.0558. The van der Waals surface area contributed by atoms with Crippen LogP contribution in [0.5, 0.6) is 0 Å². The number of nitrogens with zero attached hydrogens (tertiary/aromatic N) is 1. The van der Waals surface area contributed by atoms with Crippen LogP contribution in [0.25, 0.3) is 0 Å². The fourth-order valence-corrected chi connectivity index (χ4v) is 1.83. The molecule has 1 fully saturated rings. The van der Waals surface area contributed by atoms with Gasteiger partial charge < -0.3 is 10.2 Å². The quantitative estimate of drug-likeness (QED) is 0.626. The van der Waals surface area contributed by atoms with Crippen LogP contribution in [0.4, 0.5) is 4.79 Å². The van der Waals surface area contributed by atoms with E-state index < -0.39 is 0 Å². The maximum Gasteiger partial charge on any atom is 0.317 e. The van der Waals surface area contributed by atoms with Crippen LogP contribution in [-0.2, 0) is 0 Å². The Bertz CT molecular complexity index is 124. The Morgan fingerprint density at radius 1 is 1.33 bits per heavy atom. The van der Waals surface area contributed by atoms with Gasteiger partial charge in [0.1, 0.15) is 0 Å². The molecule has 0 atom stereocenters. The zero-order valence-corrected chi connectivity index (χ0v) is 8.91. The standard InChI is InChI=1S/C6H12N2OS.C2H6/c1-7-6(9)8-2-4-10-5-3-8;1-2/h2-5H2,1H3,(H,7,9);1-2H3. The normalized spacial score (nSPS) is 16.1. The number of amides is 2. The highest BCUT2D eigenvalue weighted by Crippen LogP contribution is 2.08. The molecule has 1 heterocycles. The summed E-state index contributed by atoms with van der Waals surface area (Å²) in [6, 6.07) is 0.0558. The van der Waals surface area contributed by atoms with Crippen LogP contribution in [0.15, 0.2) is 0 Å². The van der Waals surface area contributed by atoms with Crippen LogP contribution >= 0.6 is 11.8 Å². The third-order valence-electron chi connectivity index (χ3n) is 1.51. The number of carbonyl (C=O) groups excluding carboxylic acids is 1. The van der Waals surface area contributed by atoms with E-state index in [2.05, 4.69) is 5.32 Å². The lowest BCUT2D eigenvalue weighted by Crippen LogP contribution is -2.42. The van der Waals surface area contributed by atoms with Crippen molar-refractivity contribution in [3.05, 3.63) is 0 Å². The molecule has 4 heteroatoms. The molecule has 0 aromatic rings. The molecule has 0 unspecified atom stereocenters. The van der Waals surface area contributed by atoms with Crippen molar-refractivity contribution in [2.45, 2.75) is 13.8 Å². The van der Waals surface area contributed by atoms with Gasteiger partial charge in [-0.15, -0.1) is 0 Å². The van der Waals surface area contributed by atoms with Gasteiger partial charge in [-0.05, 0) is 0 Å². The van der Waals surface area contributed by atoms with Crippen LogP contribution in [0.2, 0.25) is 0 Å². The van der Waals surface area contributed by atoms with Crippen molar-refractivity contribution in [2.75, 3.05) is 31.6 Å². The predicted molar refractivity (Wildman–Crippen MR) is 54.7 cm³/mol. The predicted octanol–water partition coefficient (Wildman–Crippen LogP) is 1.40. The second-order valence-corrected chi connectivity index (χ2v) is 3.38. The largest absolute Gasteiger partial charge is 0.341 e. The third kappa shape index (κ3) is 3.85. The second-order valence-electron chi connectivity index (χ2n) is 2.15. The summed E-state index contributed by atoms with van der Waals surface area (Å²) in [5, 5.41) is 2.61. The Morgan fingerprint density at radius 3 is 2.25 bits per heavy atom. The van der Waals surface area contributed by atoms with E-state index in [1.165, 1.54) is 0 Å². The van der Waals surface area contributed by atoms with Gasteiger partial charge in [0.25, 0.3) is 0 Å². The number of hydrogen-bond donors (Lipinski definition) is 1. The van der Waals surface area contributed by atoms with Crippen molar-refractivity contribution < 1.29 is 4.79 Å². The molecule has 1 aliphatic heterocycles. The van der Waals surface area contributed by atoms with E-state index in [-0.39, 0.29) is 6.03 Å². The summed E-state index contributed by atoms with van der Waals surface area (Å²) in [6.07, 6.45) is 0. The van der Waals surface area contributed by atoms with Crippen LogP contribution in [-0.4, -0.2) is 42.6 Å². The molecule has 1 aliphatic rings. The van der Waals surface area contributed by atoms with Crippen molar-refractivity contribution in [1.82, 2.24) is 10.2 Å². The van der Waals surface area contributed by atoms with E-state index in [4.69, 9.17) is 0 Å². The van der Waals surface area contributed by atoms with Gasteiger partial charge in [0.05, 0.1) is 0 Å². The molecular weight excluding hydrogens is 172 g/mol. The highest BCUT2D eigenvalue weighted by Gasteiger charge is 2.13. The molecule has 1 rings (SSSR count). The molecule has 0 bridgehead atoms. The Balaban J connectivity index is 0.000000561. The zero-order chi connectivity index (χ0) is 9.40. The van der Waals surface area contributed by atoms with Gasteiger partial charge in [0.15, 0.2) is 0 Å². The average molecular weight is 190 g/mol. The number of hydrogen-bond acceptors (Lipinski definition) is 2.